The molecule has 2 aromatic rings. The summed E-state index contributed by atoms with van der Waals surface area (Å²) < 4.78 is 0.867. The minimum atomic E-state index is -0.629. The summed E-state index contributed by atoms with van der Waals surface area (Å²) in [6.07, 6.45) is -0.0709. The number of amides is 3. The van der Waals surface area contributed by atoms with Crippen molar-refractivity contribution in [2.24, 2.45) is 0 Å². The Morgan fingerprint density at radius 1 is 1.12 bits per heavy atom. The van der Waals surface area contributed by atoms with Crippen LogP contribution in [0.2, 0.25) is 0 Å². The van der Waals surface area contributed by atoms with Crippen LogP contribution in [0, 0.1) is 13.7 Å². The molecule has 0 atom stereocenters. The fraction of sp³-hybridized carbons (Fsp3) is 0.118. The Balaban J connectivity index is 1.68. The molecule has 0 bridgehead atoms. The molecule has 1 aliphatic heterocycles. The van der Waals surface area contributed by atoms with Crippen molar-refractivity contribution in [2.75, 3.05) is 11.9 Å². The van der Waals surface area contributed by atoms with E-state index in [1.54, 1.807) is 12.1 Å². The molecule has 2 aromatic carbocycles. The Bertz CT molecular complexity index is 944. The largest absolute Gasteiger partial charge is 0.325 e. The van der Waals surface area contributed by atoms with Gasteiger partial charge in [-0.3, -0.25) is 29.4 Å². The minimum Gasteiger partial charge on any atom is -0.325 e. The molecule has 0 saturated carbocycles. The molecule has 26 heavy (non-hydrogen) atoms. The highest BCUT2D eigenvalue weighted by Crippen LogP contribution is 2.27. The van der Waals surface area contributed by atoms with Crippen molar-refractivity contribution in [3.05, 3.63) is 67.3 Å². The maximum Gasteiger partial charge on any atom is 0.270 e. The number of nitro groups is 1. The lowest BCUT2D eigenvalue weighted by Crippen LogP contribution is -2.32. The first-order chi connectivity index (χ1) is 12.4. The SMILES string of the molecule is O=C(CCN1C(=O)c2ccc([N+](=O)[O-])cc2C1=O)Nc1ccccc1I. The summed E-state index contributed by atoms with van der Waals surface area (Å²) in [6.45, 7) is -0.102. The third-order valence-corrected chi connectivity index (χ3v) is 4.82. The lowest BCUT2D eigenvalue weighted by molar-refractivity contribution is -0.384. The Morgan fingerprint density at radius 2 is 1.81 bits per heavy atom. The van der Waals surface area contributed by atoms with Crippen LogP contribution in [0.25, 0.3) is 0 Å². The normalized spacial score (nSPS) is 12.9. The van der Waals surface area contributed by atoms with Gasteiger partial charge in [-0.2, -0.15) is 0 Å². The third kappa shape index (κ3) is 3.43. The molecular formula is C17H12IN3O5. The first-order valence-corrected chi connectivity index (χ1v) is 8.65. The van der Waals surface area contributed by atoms with Gasteiger partial charge in [0.25, 0.3) is 17.5 Å². The van der Waals surface area contributed by atoms with E-state index < -0.39 is 16.7 Å². The molecule has 8 nitrogen and oxygen atoms in total. The number of hydrogen-bond donors (Lipinski definition) is 1. The number of non-ortho nitro benzene ring substituents is 1. The van der Waals surface area contributed by atoms with Gasteiger partial charge in [0, 0.05) is 28.7 Å². The van der Waals surface area contributed by atoms with Crippen LogP contribution in [-0.4, -0.2) is 34.1 Å². The zero-order chi connectivity index (χ0) is 18.8. The summed E-state index contributed by atoms with van der Waals surface area (Å²) in [6, 6.07) is 10.7. The number of benzene rings is 2. The number of para-hydroxylation sites is 1. The number of halogens is 1. The molecule has 9 heteroatoms. The van der Waals surface area contributed by atoms with E-state index in [-0.39, 0.29) is 35.7 Å². The number of fused-ring (bicyclic) bond motifs is 1. The molecule has 0 unspecified atom stereocenters. The number of anilines is 1. The molecule has 0 radical (unpaired) electrons. The van der Waals surface area contributed by atoms with Gasteiger partial charge in [-0.25, -0.2) is 0 Å². The van der Waals surface area contributed by atoms with Gasteiger partial charge >= 0.3 is 0 Å². The van der Waals surface area contributed by atoms with E-state index in [0.29, 0.717) is 5.69 Å². The van der Waals surface area contributed by atoms with Crippen LogP contribution in [0.3, 0.4) is 0 Å². The topological polar surface area (TPSA) is 110 Å². The molecule has 1 aliphatic rings. The number of imide groups is 1. The zero-order valence-corrected chi connectivity index (χ0v) is 15.4. The summed E-state index contributed by atoms with van der Waals surface area (Å²) in [7, 11) is 0. The van der Waals surface area contributed by atoms with Crippen molar-refractivity contribution >= 4 is 51.7 Å². The maximum absolute atomic E-state index is 12.4. The smallest absolute Gasteiger partial charge is 0.270 e. The van der Waals surface area contributed by atoms with E-state index in [1.165, 1.54) is 12.1 Å². The predicted octanol–water partition coefficient (Wildman–Crippen LogP) is 2.82. The first-order valence-electron chi connectivity index (χ1n) is 7.57. The third-order valence-electron chi connectivity index (χ3n) is 3.88. The van der Waals surface area contributed by atoms with Gasteiger partial charge in [-0.15, -0.1) is 0 Å². The number of hydrogen-bond acceptors (Lipinski definition) is 5. The van der Waals surface area contributed by atoms with Crippen molar-refractivity contribution in [2.45, 2.75) is 6.42 Å². The van der Waals surface area contributed by atoms with Gasteiger partial charge in [0.1, 0.15) is 0 Å². The monoisotopic (exact) mass is 465 g/mol. The van der Waals surface area contributed by atoms with E-state index in [9.17, 15) is 24.5 Å². The summed E-state index contributed by atoms with van der Waals surface area (Å²) in [4.78, 5) is 47.9. The molecule has 0 spiro atoms. The first kappa shape index (κ1) is 18.0. The number of nitro benzene ring substituents is 1. The van der Waals surface area contributed by atoms with Crippen LogP contribution in [-0.2, 0) is 4.79 Å². The second-order valence-corrected chi connectivity index (χ2v) is 6.69. The highest BCUT2D eigenvalue weighted by Gasteiger charge is 2.36. The van der Waals surface area contributed by atoms with Gasteiger partial charge < -0.3 is 5.32 Å². The highest BCUT2D eigenvalue weighted by molar-refractivity contribution is 14.1. The van der Waals surface area contributed by atoms with Gasteiger partial charge in [0.2, 0.25) is 5.91 Å². The molecule has 0 aromatic heterocycles. The van der Waals surface area contributed by atoms with Crippen molar-refractivity contribution in [1.82, 2.24) is 4.90 Å². The molecule has 0 aliphatic carbocycles. The average molecular weight is 465 g/mol. The van der Waals surface area contributed by atoms with Crippen molar-refractivity contribution in [1.29, 1.82) is 0 Å². The number of carbonyl (C=O) groups is 3. The summed E-state index contributed by atoms with van der Waals surface area (Å²) >= 11 is 2.09. The Morgan fingerprint density at radius 3 is 2.50 bits per heavy atom. The molecule has 1 heterocycles. The van der Waals surface area contributed by atoms with Crippen LogP contribution in [0.1, 0.15) is 27.1 Å². The van der Waals surface area contributed by atoms with E-state index in [0.717, 1.165) is 14.5 Å². The van der Waals surface area contributed by atoms with Crippen LogP contribution in [0.15, 0.2) is 42.5 Å². The Kier molecular flexibility index (Phi) is 4.98. The second-order valence-electron chi connectivity index (χ2n) is 5.53. The predicted molar refractivity (Wildman–Crippen MR) is 101 cm³/mol. The lowest BCUT2D eigenvalue weighted by Gasteiger charge is -2.13. The fourth-order valence-electron chi connectivity index (χ4n) is 2.58. The molecule has 0 fully saturated rings. The molecule has 3 rings (SSSR count). The summed E-state index contributed by atoms with van der Waals surface area (Å²) in [5, 5.41) is 13.6. The fourth-order valence-corrected chi connectivity index (χ4v) is 3.11. The zero-order valence-electron chi connectivity index (χ0n) is 13.3. The number of nitrogens with zero attached hydrogens (tertiary/aromatic N) is 2. The molecule has 132 valence electrons. The van der Waals surface area contributed by atoms with E-state index in [2.05, 4.69) is 27.9 Å². The van der Waals surface area contributed by atoms with Gasteiger partial charge in [-0.1, -0.05) is 12.1 Å². The van der Waals surface area contributed by atoms with Gasteiger partial charge in [0.05, 0.1) is 21.7 Å². The van der Waals surface area contributed by atoms with E-state index >= 15 is 0 Å². The molecular weight excluding hydrogens is 453 g/mol. The standard InChI is InChI=1S/C17H12IN3O5/c18-13-3-1-2-4-14(13)19-15(22)7-8-20-16(23)11-6-5-10(21(25)26)9-12(11)17(20)24/h1-6,9H,7-8H2,(H,19,22). The van der Waals surface area contributed by atoms with Crippen LogP contribution < -0.4 is 5.32 Å². The van der Waals surface area contributed by atoms with Crippen LogP contribution in [0.5, 0.6) is 0 Å². The second kappa shape index (κ2) is 7.20. The number of carbonyl (C=O) groups excluding carboxylic acids is 3. The quantitative estimate of drug-likeness (QED) is 0.316. The highest BCUT2D eigenvalue weighted by atomic mass is 127. The number of nitrogens with one attached hydrogen (secondary N) is 1. The summed E-state index contributed by atoms with van der Waals surface area (Å²) in [5.74, 6) is -1.52. The van der Waals surface area contributed by atoms with E-state index in [1.807, 2.05) is 12.1 Å². The van der Waals surface area contributed by atoms with Crippen molar-refractivity contribution < 1.29 is 19.3 Å². The molecule has 1 N–H and O–H groups in total. The van der Waals surface area contributed by atoms with Crippen molar-refractivity contribution in [3.8, 4) is 0 Å². The Hall–Kier alpha value is -2.82. The maximum atomic E-state index is 12.4. The van der Waals surface area contributed by atoms with Crippen molar-refractivity contribution in [3.63, 3.8) is 0 Å². The van der Waals surface area contributed by atoms with Gasteiger partial charge in [-0.05, 0) is 40.8 Å². The van der Waals surface area contributed by atoms with Gasteiger partial charge in [0.15, 0.2) is 0 Å². The summed E-state index contributed by atoms with van der Waals surface area (Å²) in [5.41, 5.74) is 0.486. The van der Waals surface area contributed by atoms with Crippen LogP contribution >= 0.6 is 22.6 Å². The minimum absolute atomic E-state index is 0.0118. The van der Waals surface area contributed by atoms with Crippen LogP contribution in [0.4, 0.5) is 11.4 Å². The average Bonchev–Trinajstić information content (AvgIpc) is 2.85. The number of rotatable bonds is 5. The lowest BCUT2D eigenvalue weighted by atomic mass is 10.1. The molecule has 3 amide bonds. The molecule has 0 saturated heterocycles. The van der Waals surface area contributed by atoms with E-state index in [4.69, 9.17) is 0 Å². The Labute approximate surface area is 161 Å².